The number of sulfonamides is 1. The Morgan fingerprint density at radius 1 is 1.03 bits per heavy atom. The van der Waals surface area contributed by atoms with Crippen LogP contribution in [0.4, 0.5) is 0 Å². The maximum absolute atomic E-state index is 13.0. The first kappa shape index (κ1) is 21.2. The van der Waals surface area contributed by atoms with Crippen LogP contribution in [0.1, 0.15) is 43.4 Å². The van der Waals surface area contributed by atoms with Crippen LogP contribution in [0, 0.1) is 13.8 Å². The summed E-state index contributed by atoms with van der Waals surface area (Å²) in [5, 5.41) is 4.01. The monoisotopic (exact) mass is 413 g/mol. The summed E-state index contributed by atoms with van der Waals surface area (Å²) >= 11 is 0. The molecule has 0 saturated carbocycles. The molecule has 29 heavy (non-hydrogen) atoms. The second-order valence-electron chi connectivity index (χ2n) is 8.37. The van der Waals surface area contributed by atoms with E-state index in [4.69, 9.17) is 4.52 Å². The number of aromatic nitrogens is 2. The summed E-state index contributed by atoms with van der Waals surface area (Å²) in [5.74, 6) is 0.689. The van der Waals surface area contributed by atoms with E-state index in [0.717, 1.165) is 11.1 Å². The maximum atomic E-state index is 13.0. The van der Waals surface area contributed by atoms with Crippen molar-refractivity contribution >= 4 is 10.0 Å². The average Bonchev–Trinajstić information content (AvgIpc) is 3.11. The number of rotatable bonds is 5. The van der Waals surface area contributed by atoms with Crippen LogP contribution in [-0.2, 0) is 22.0 Å². The Kier molecular flexibility index (Phi) is 5.65. The van der Waals surface area contributed by atoms with E-state index in [1.807, 2.05) is 43.3 Å². The average molecular weight is 414 g/mol. The zero-order valence-electron chi connectivity index (χ0n) is 17.7. The lowest BCUT2D eigenvalue weighted by atomic mass is 9.87. The van der Waals surface area contributed by atoms with Gasteiger partial charge in [0.25, 0.3) is 0 Å². The molecule has 0 aliphatic carbocycles. The molecular weight excluding hydrogens is 386 g/mol. The molecule has 2 aromatic carbocycles. The highest BCUT2D eigenvalue weighted by molar-refractivity contribution is 7.89. The topological polar surface area (TPSA) is 76.3 Å². The molecule has 1 heterocycles. The summed E-state index contributed by atoms with van der Waals surface area (Å²) in [7, 11) is -2.15. The fourth-order valence-corrected chi connectivity index (χ4v) is 4.41. The molecule has 0 radical (unpaired) electrons. The smallest absolute Gasteiger partial charge is 0.243 e. The van der Waals surface area contributed by atoms with Gasteiger partial charge >= 0.3 is 0 Å². The van der Waals surface area contributed by atoms with E-state index < -0.39 is 10.0 Å². The van der Waals surface area contributed by atoms with Crippen LogP contribution < -0.4 is 0 Å². The zero-order chi connectivity index (χ0) is 21.4. The molecule has 0 spiro atoms. The molecule has 0 fully saturated rings. The predicted octanol–water partition coefficient (Wildman–Crippen LogP) is 4.47. The molecule has 3 aromatic rings. The first-order chi connectivity index (χ1) is 13.5. The third-order valence-corrected chi connectivity index (χ3v) is 6.81. The highest BCUT2D eigenvalue weighted by Crippen LogP contribution is 2.26. The van der Waals surface area contributed by atoms with Crippen molar-refractivity contribution in [3.8, 4) is 11.4 Å². The van der Waals surface area contributed by atoms with Crippen molar-refractivity contribution < 1.29 is 12.9 Å². The lowest BCUT2D eigenvalue weighted by molar-refractivity contribution is 0.336. The number of hydrogen-bond acceptors (Lipinski definition) is 5. The van der Waals surface area contributed by atoms with Crippen LogP contribution in [0.3, 0.4) is 0 Å². The second kappa shape index (κ2) is 7.72. The first-order valence-corrected chi connectivity index (χ1v) is 10.9. The van der Waals surface area contributed by atoms with Crippen molar-refractivity contribution in [2.45, 2.75) is 51.5 Å². The van der Waals surface area contributed by atoms with E-state index in [1.54, 1.807) is 13.0 Å². The van der Waals surface area contributed by atoms with Gasteiger partial charge in [0.15, 0.2) is 0 Å². The van der Waals surface area contributed by atoms with Crippen LogP contribution >= 0.6 is 0 Å². The molecule has 0 N–H and O–H groups in total. The third-order valence-electron chi connectivity index (χ3n) is 4.87. The standard InChI is InChI=1S/C22H27N3O3S/c1-15-7-8-16(2)19(13-15)29(26,27)25(6)14-20-23-21(24-28-20)17-9-11-18(12-10-17)22(3,4)5/h7-13H,14H2,1-6H3. The molecule has 154 valence electrons. The molecule has 7 heteroatoms. The lowest BCUT2D eigenvalue weighted by Gasteiger charge is -2.18. The van der Waals surface area contributed by atoms with Crippen LogP contribution in [0.2, 0.25) is 0 Å². The number of nitrogens with zero attached hydrogens (tertiary/aromatic N) is 3. The zero-order valence-corrected chi connectivity index (χ0v) is 18.5. The Morgan fingerprint density at radius 2 is 1.69 bits per heavy atom. The Balaban J connectivity index is 1.80. The minimum atomic E-state index is -3.66. The van der Waals surface area contributed by atoms with Gasteiger partial charge in [0.05, 0.1) is 11.4 Å². The van der Waals surface area contributed by atoms with E-state index in [2.05, 4.69) is 30.9 Å². The molecule has 0 unspecified atom stereocenters. The predicted molar refractivity (Wildman–Crippen MR) is 113 cm³/mol. The van der Waals surface area contributed by atoms with Crippen molar-refractivity contribution in [3.63, 3.8) is 0 Å². The number of aryl methyl sites for hydroxylation is 2. The maximum Gasteiger partial charge on any atom is 0.243 e. The Hall–Kier alpha value is -2.51. The molecule has 0 aliphatic rings. The Bertz CT molecular complexity index is 1110. The van der Waals surface area contributed by atoms with Crippen molar-refractivity contribution in [1.29, 1.82) is 0 Å². The van der Waals surface area contributed by atoms with Crippen LogP contribution in [0.5, 0.6) is 0 Å². The second-order valence-corrected chi connectivity index (χ2v) is 10.4. The van der Waals surface area contributed by atoms with Crippen molar-refractivity contribution in [2.75, 3.05) is 7.05 Å². The van der Waals surface area contributed by atoms with Gasteiger partial charge in [-0.15, -0.1) is 0 Å². The summed E-state index contributed by atoms with van der Waals surface area (Å²) in [6.07, 6.45) is 0. The minimum absolute atomic E-state index is 0.00277. The minimum Gasteiger partial charge on any atom is -0.338 e. The van der Waals surface area contributed by atoms with E-state index in [0.29, 0.717) is 11.4 Å². The van der Waals surface area contributed by atoms with Gasteiger partial charge in [-0.3, -0.25) is 0 Å². The normalized spacial score (nSPS) is 12.5. The summed E-state index contributed by atoms with van der Waals surface area (Å²) < 4.78 is 32.4. The van der Waals surface area contributed by atoms with Gasteiger partial charge in [0, 0.05) is 12.6 Å². The van der Waals surface area contributed by atoms with E-state index in [9.17, 15) is 8.42 Å². The lowest BCUT2D eigenvalue weighted by Crippen LogP contribution is -2.27. The molecule has 0 saturated heterocycles. The SMILES string of the molecule is Cc1ccc(C)c(S(=O)(=O)N(C)Cc2nc(-c3ccc(C(C)(C)C)cc3)no2)c1. The van der Waals surface area contributed by atoms with Gasteiger partial charge in [0.1, 0.15) is 0 Å². The Morgan fingerprint density at radius 3 is 2.31 bits per heavy atom. The van der Waals surface area contributed by atoms with Gasteiger partial charge in [-0.05, 0) is 42.0 Å². The van der Waals surface area contributed by atoms with Crippen LogP contribution in [-0.4, -0.2) is 29.9 Å². The van der Waals surface area contributed by atoms with Gasteiger partial charge < -0.3 is 4.52 Å². The van der Waals surface area contributed by atoms with Gasteiger partial charge in [0.2, 0.25) is 21.7 Å². The summed E-state index contributed by atoms with van der Waals surface area (Å²) in [6, 6.07) is 13.4. The van der Waals surface area contributed by atoms with Crippen molar-refractivity contribution in [3.05, 3.63) is 65.0 Å². The van der Waals surface area contributed by atoms with Crippen molar-refractivity contribution in [2.24, 2.45) is 0 Å². The fourth-order valence-electron chi connectivity index (χ4n) is 2.98. The highest BCUT2D eigenvalue weighted by Gasteiger charge is 2.25. The highest BCUT2D eigenvalue weighted by atomic mass is 32.2. The molecule has 1 aromatic heterocycles. The molecule has 0 atom stereocenters. The third kappa shape index (κ3) is 4.57. The summed E-state index contributed by atoms with van der Waals surface area (Å²) in [4.78, 5) is 4.66. The largest absolute Gasteiger partial charge is 0.338 e. The van der Waals surface area contributed by atoms with Crippen LogP contribution in [0.15, 0.2) is 51.9 Å². The van der Waals surface area contributed by atoms with E-state index in [-0.39, 0.29) is 22.7 Å². The van der Waals surface area contributed by atoms with Crippen molar-refractivity contribution in [1.82, 2.24) is 14.4 Å². The fraction of sp³-hybridized carbons (Fsp3) is 0.364. The summed E-state index contributed by atoms with van der Waals surface area (Å²) in [6.45, 7) is 10.1. The molecule has 6 nitrogen and oxygen atoms in total. The first-order valence-electron chi connectivity index (χ1n) is 9.45. The van der Waals surface area contributed by atoms with Gasteiger partial charge in [-0.1, -0.05) is 62.3 Å². The molecule has 0 bridgehead atoms. The summed E-state index contributed by atoms with van der Waals surface area (Å²) in [5.41, 5.74) is 3.69. The van der Waals surface area contributed by atoms with Crippen LogP contribution in [0.25, 0.3) is 11.4 Å². The number of benzene rings is 2. The van der Waals surface area contributed by atoms with Gasteiger partial charge in [-0.25, -0.2) is 8.42 Å². The molecular formula is C22H27N3O3S. The molecule has 0 aliphatic heterocycles. The number of hydrogen-bond donors (Lipinski definition) is 0. The molecule has 3 rings (SSSR count). The molecule has 0 amide bonds. The van der Waals surface area contributed by atoms with Gasteiger partial charge in [-0.2, -0.15) is 9.29 Å². The van der Waals surface area contributed by atoms with E-state index in [1.165, 1.54) is 16.9 Å². The Labute approximate surface area is 172 Å². The van der Waals surface area contributed by atoms with E-state index >= 15 is 0 Å². The quantitative estimate of drug-likeness (QED) is 0.617.